The number of hydrogen-bond donors (Lipinski definition) is 11. The Balaban J connectivity index is 0.000000151. The van der Waals surface area contributed by atoms with Gasteiger partial charge in [-0.2, -0.15) is 0 Å². The highest BCUT2D eigenvalue weighted by Crippen LogP contribution is 2.44. The van der Waals surface area contributed by atoms with Gasteiger partial charge in [0.1, 0.15) is 44.4 Å². The second-order valence-corrected chi connectivity index (χ2v) is 47.5. The number of benzene rings is 11. The number of rotatable bonds is 26. The number of nitrogens with one attached hydrogen (secondary N) is 4. The van der Waals surface area contributed by atoms with Crippen LogP contribution in [0.3, 0.4) is 0 Å². The van der Waals surface area contributed by atoms with Gasteiger partial charge in [0.05, 0.1) is 91.3 Å². The van der Waals surface area contributed by atoms with Crippen molar-refractivity contribution in [3.8, 4) is 46.0 Å². The van der Waals surface area contributed by atoms with Crippen LogP contribution in [0.25, 0.3) is 76.3 Å². The van der Waals surface area contributed by atoms with Gasteiger partial charge in [-0.1, -0.05) is 173 Å². The van der Waals surface area contributed by atoms with Crippen LogP contribution in [0.2, 0.25) is 0 Å². The monoisotopic (exact) mass is 3090 g/mol. The quantitative estimate of drug-likeness (QED) is 0.0177. The van der Waals surface area contributed by atoms with Crippen LogP contribution in [0, 0.1) is 28.1 Å². The van der Waals surface area contributed by atoms with Gasteiger partial charge in [0.25, 0.3) is 0 Å². The van der Waals surface area contributed by atoms with Crippen molar-refractivity contribution in [2.45, 2.75) is 132 Å². The fraction of sp³-hybridized carbons (Fsp3) is 0.209. The number of pyridine rings is 7. The van der Waals surface area contributed by atoms with E-state index in [1.165, 1.54) is 49.7 Å². The number of phenolic OH excluding ortho intramolecular Hbond substituents is 7. The largest absolute Gasteiger partial charge is 0.505 e. The molecule has 18 aromatic rings. The molecule has 0 atom stereocenters. The minimum atomic E-state index is 0.148. The second kappa shape index (κ2) is 57.0. The maximum atomic E-state index is 10.3. The lowest BCUT2D eigenvalue weighted by molar-refractivity contribution is 0.254. The molecule has 18 rings (SSSR count). The molecule has 0 saturated carbocycles. The van der Waals surface area contributed by atoms with E-state index in [0.29, 0.717) is 87.2 Å². The molecule has 0 aliphatic rings. The Bertz CT molecular complexity index is 7590. The molecule has 0 aliphatic carbocycles. The van der Waals surface area contributed by atoms with E-state index in [1.54, 1.807) is 7.11 Å². The first-order valence-corrected chi connectivity index (χ1v) is 59.0. The van der Waals surface area contributed by atoms with Crippen LogP contribution in [0.1, 0.15) is 124 Å². The minimum Gasteiger partial charge on any atom is -0.505 e. The molecule has 0 amide bonds. The first-order chi connectivity index (χ1) is 69.5. The lowest BCUT2D eigenvalue weighted by Crippen LogP contribution is -2.26. The van der Waals surface area contributed by atoms with E-state index in [9.17, 15) is 35.7 Å². The third-order valence-corrected chi connectivity index (χ3v) is 32.9. The average Bonchev–Trinajstić information content (AvgIpc) is 0.825. The fourth-order valence-electron chi connectivity index (χ4n) is 15.0. The van der Waals surface area contributed by atoms with E-state index in [1.807, 2.05) is 207 Å². The highest BCUT2D eigenvalue weighted by molar-refractivity contribution is 14.1. The number of hydrogen-bond acceptors (Lipinski definition) is 20. The molecular weight excluding hydrogens is 3000 g/mol. The van der Waals surface area contributed by atoms with Crippen LogP contribution in [0.5, 0.6) is 46.0 Å². The van der Waals surface area contributed by atoms with E-state index < -0.39 is 0 Å². The highest BCUT2D eigenvalue weighted by Gasteiger charge is 2.20. The van der Waals surface area contributed by atoms with Crippen LogP contribution >= 0.6 is 266 Å². The van der Waals surface area contributed by atoms with Crippen LogP contribution in [-0.2, 0) is 45.6 Å². The van der Waals surface area contributed by atoms with E-state index in [4.69, 9.17) is 9.72 Å². The molecule has 0 fully saturated rings. The topological polar surface area (TPSA) is 292 Å². The number of aryl methyl sites for hydroxylation is 4. The summed E-state index contributed by atoms with van der Waals surface area (Å²) >= 11 is 46.4. The van der Waals surface area contributed by atoms with E-state index in [-0.39, 0.29) is 40.2 Å². The minimum absolute atomic E-state index is 0.148. The van der Waals surface area contributed by atoms with Crippen molar-refractivity contribution in [1.82, 2.24) is 39.8 Å². The van der Waals surface area contributed by atoms with E-state index in [2.05, 4.69) is 381 Å². The third kappa shape index (κ3) is 32.6. The lowest BCUT2D eigenvalue weighted by Gasteiger charge is -2.21. The molecule has 7 heterocycles. The number of aromatic nitrogens is 7. The van der Waals surface area contributed by atoms with Gasteiger partial charge < -0.3 is 61.7 Å². The summed E-state index contributed by atoms with van der Waals surface area (Å²) in [6.07, 6.45) is 10.2. The molecule has 0 bridgehead atoms. The number of anilines is 4. The predicted molar refractivity (Wildman–Crippen MR) is 668 cm³/mol. The van der Waals surface area contributed by atoms with Gasteiger partial charge in [-0.3, -0.25) is 4.90 Å². The maximum Gasteiger partial charge on any atom is 0.156 e. The molecule has 0 saturated heterocycles. The molecule has 0 radical (unpaired) electrons. The summed E-state index contributed by atoms with van der Waals surface area (Å²) in [7, 11) is 1.64. The van der Waals surface area contributed by atoms with Gasteiger partial charge in [0.15, 0.2) is 40.2 Å². The molecular formula is C110H101Br11I4N12O8. The van der Waals surface area contributed by atoms with Gasteiger partial charge in [-0.25, -0.2) is 34.9 Å². The van der Waals surface area contributed by atoms with Gasteiger partial charge in [0.2, 0.25) is 0 Å². The van der Waals surface area contributed by atoms with Crippen molar-refractivity contribution in [2.24, 2.45) is 0 Å². The normalized spacial score (nSPS) is 11.0. The summed E-state index contributed by atoms with van der Waals surface area (Å²) in [5, 5.41) is 90.9. The van der Waals surface area contributed by atoms with Crippen LogP contribution < -0.4 is 26.0 Å². The first-order valence-electron chi connectivity index (χ1n) is 46.0. The van der Waals surface area contributed by atoms with Crippen LogP contribution in [0.15, 0.2) is 274 Å². The average molecular weight is 3110 g/mol. The Kier molecular flexibility index (Phi) is 45.8. The number of fused-ring (bicyclic) bond motifs is 7. The van der Waals surface area contributed by atoms with Crippen LogP contribution in [-0.4, -0.2) is 95.7 Å². The van der Waals surface area contributed by atoms with Gasteiger partial charge in [-0.05, 0) is 440 Å². The SMILES string of the molecule is CCCCCc1ccc2c(Br)cc(Br)c(O)c2n1.CCCCN(CCCC)Cc1ccc2c(Br)cc(Br)c(O)c2n1.CCc1ccc2c(Br)cc(Br)c(O)c2n1.COc1ccc(NCc2ccc3c(Br)cc(Br)c(O)c3n2)cc1.Cc1cc(C)cc(NCc2ccc3c(Br)cc(Br)c(O)c3n2)c1.Oc1c(I)cc(I)c2ccc(CNc3ccc(Br)cc3)nc12.Oc1c(I)cc(I)c2ccc(CNc3ccccc3)nc12. The Labute approximate surface area is 990 Å². The van der Waals surface area contributed by atoms with E-state index in [0.717, 1.165) is 186 Å². The molecule has 145 heavy (non-hydrogen) atoms. The molecule has 11 aromatic carbocycles. The Morgan fingerprint density at radius 1 is 0.283 bits per heavy atom. The summed E-state index contributed by atoms with van der Waals surface area (Å²) in [6.45, 7) is 18.3. The lowest BCUT2D eigenvalue weighted by atomic mass is 10.1. The summed E-state index contributed by atoms with van der Waals surface area (Å²) in [5.41, 5.74) is 17.5. The summed E-state index contributed by atoms with van der Waals surface area (Å²) in [6, 6.07) is 73.1. The van der Waals surface area contributed by atoms with E-state index >= 15 is 0 Å². The Morgan fingerprint density at radius 3 is 0.931 bits per heavy atom. The van der Waals surface area contributed by atoms with Crippen molar-refractivity contribution in [3.05, 3.63) is 339 Å². The molecule has 0 unspecified atom stereocenters. The number of nitrogens with zero attached hydrogens (tertiary/aromatic N) is 8. The zero-order valence-corrected chi connectivity index (χ0v) is 106. The number of halogens is 15. The molecule has 35 heteroatoms. The predicted octanol–water partition coefficient (Wildman–Crippen LogP) is 36.2. The number of para-hydroxylation sites is 1. The highest BCUT2D eigenvalue weighted by atomic mass is 127. The van der Waals surface area contributed by atoms with Crippen molar-refractivity contribution in [2.75, 3.05) is 41.5 Å². The zero-order valence-electron chi connectivity index (χ0n) is 79.5. The summed E-state index contributed by atoms with van der Waals surface area (Å²) < 4.78 is 17.8. The number of aromatic hydroxyl groups is 7. The standard InChI is InChI=1S/C18H16Br2N2O.C18H24Br2N2O.C17H14Br2N2O2.C16H11BrI2N2O.C16H12I2N2O.C14H15Br2NO.C11H9Br2NO/c1-10-5-11(2)7-13(6-10)21-9-12-3-4-14-15(19)8-16(20)18(23)17(14)22-12;1-3-5-9-22(10-6-4-2)12-13-7-8-14-15(19)11-16(20)18(23)17(14)21-13;1-23-12-5-2-10(3-6-12)20-9-11-4-7-13-14(18)8-15(19)17(22)16(13)21-11;17-9-1-3-10(4-2-9)20-8-11-5-6-12-13(18)7-14(19)16(22)15(12)21-11;17-13-8-14(18)16(21)15-12(13)7-6-11(20-15)9-19-10-4-2-1-3-5-10;1-2-3-4-5-9-6-7-10-11(15)8-12(16)14(18)13(10)17-9;1-2-6-3-4-7-8(12)5-9(13)11(15)10(7)14-6/h3-8,21,23H,9H2,1-2H3;7-8,11,23H,3-6,9-10,12H2,1-2H3;2-8,20,22H,9H2,1H3;1-7,20,22H,8H2;1-8,19,21H,9H2;6-8,18H,2-5H2,1H3;3-5,15H,2H2,1H3. The maximum absolute atomic E-state index is 10.3. The second-order valence-electron chi connectivity index (χ2n) is 33.4. The van der Waals surface area contributed by atoms with Crippen molar-refractivity contribution in [1.29, 1.82) is 0 Å². The zero-order chi connectivity index (χ0) is 104. The van der Waals surface area contributed by atoms with Gasteiger partial charge >= 0.3 is 0 Å². The molecule has 20 nitrogen and oxygen atoms in total. The molecule has 11 N–H and O–H groups in total. The Hall–Kier alpha value is -6.95. The smallest absolute Gasteiger partial charge is 0.156 e. The Morgan fingerprint density at radius 2 is 0.579 bits per heavy atom. The van der Waals surface area contributed by atoms with Crippen molar-refractivity contribution in [3.63, 3.8) is 0 Å². The molecule has 0 spiro atoms. The summed E-state index contributed by atoms with van der Waals surface area (Å²) in [4.78, 5) is 34.4. The molecule has 7 aromatic heterocycles. The van der Waals surface area contributed by atoms with Crippen LogP contribution in [0.4, 0.5) is 22.7 Å². The molecule has 754 valence electrons. The van der Waals surface area contributed by atoms with Gasteiger partial charge in [-0.15, -0.1) is 0 Å². The van der Waals surface area contributed by atoms with Gasteiger partial charge in [0, 0.05) is 112 Å². The summed E-state index contributed by atoms with van der Waals surface area (Å²) in [5.74, 6) is 2.26. The number of ether oxygens (including phenoxy) is 1. The number of unbranched alkanes of at least 4 members (excludes halogenated alkanes) is 4. The fourth-order valence-corrected chi connectivity index (χ4v) is 25.5. The van der Waals surface area contributed by atoms with Crippen molar-refractivity contribution >= 4 is 365 Å². The van der Waals surface area contributed by atoms with Crippen molar-refractivity contribution < 1.29 is 40.5 Å². The third-order valence-electron chi connectivity index (χ3n) is 22.7. The number of methoxy groups -OCH3 is 1. The number of phenols is 7. The molecule has 0 aliphatic heterocycles. The first kappa shape index (κ1) is 117.